The van der Waals surface area contributed by atoms with E-state index in [9.17, 15) is 0 Å². The van der Waals surface area contributed by atoms with E-state index in [4.69, 9.17) is 4.42 Å². The lowest BCUT2D eigenvalue weighted by molar-refractivity contribution is 0.672. The van der Waals surface area contributed by atoms with Crippen LogP contribution in [0.5, 0.6) is 0 Å². The number of benzene rings is 10. The molecule has 0 N–H and O–H groups in total. The molecular weight excluding hydrogens is 735 g/mol. The van der Waals surface area contributed by atoms with Gasteiger partial charge in [-0.15, -0.1) is 11.3 Å². The van der Waals surface area contributed by atoms with E-state index in [1.807, 2.05) is 11.3 Å². The van der Waals surface area contributed by atoms with Crippen molar-refractivity contribution >= 4 is 92.1 Å². The van der Waals surface area contributed by atoms with Crippen LogP contribution in [-0.2, 0) is 0 Å². The molecular formula is C56H35NOS. The third-order valence-electron chi connectivity index (χ3n) is 11.8. The highest BCUT2D eigenvalue weighted by molar-refractivity contribution is 7.27. The molecule has 0 amide bonds. The van der Waals surface area contributed by atoms with Crippen LogP contribution in [0.15, 0.2) is 217 Å². The second-order valence-electron chi connectivity index (χ2n) is 15.2. The van der Waals surface area contributed by atoms with E-state index in [1.165, 1.54) is 69.7 Å². The average molecular weight is 770 g/mol. The van der Waals surface area contributed by atoms with E-state index < -0.39 is 0 Å². The maximum absolute atomic E-state index is 6.78. The molecule has 2 aromatic heterocycles. The van der Waals surface area contributed by atoms with Crippen LogP contribution in [0.25, 0.3) is 97.0 Å². The van der Waals surface area contributed by atoms with Gasteiger partial charge < -0.3 is 9.32 Å². The summed E-state index contributed by atoms with van der Waals surface area (Å²) in [5, 5.41) is 9.54. The SMILES string of the molecule is c1ccc(-c2cc(-c3ccccc3)c3sc4c(N(c5ccc(-c6cccc7ccccc67)cc5)c5ccc6c(c5)oc5c7ccccc7ccc65)cccc4c3c2)cc1. The molecule has 276 valence electrons. The van der Waals surface area contributed by atoms with Crippen molar-refractivity contribution in [3.8, 4) is 33.4 Å². The Morgan fingerprint density at radius 1 is 0.339 bits per heavy atom. The highest BCUT2D eigenvalue weighted by Gasteiger charge is 2.22. The third-order valence-corrected chi connectivity index (χ3v) is 13.1. The predicted octanol–water partition coefficient (Wildman–Crippen LogP) is 16.7. The molecule has 0 radical (unpaired) electrons. The zero-order chi connectivity index (χ0) is 38.9. The summed E-state index contributed by atoms with van der Waals surface area (Å²) in [5.74, 6) is 0. The monoisotopic (exact) mass is 769 g/mol. The number of rotatable bonds is 6. The lowest BCUT2D eigenvalue weighted by Crippen LogP contribution is -2.10. The second-order valence-corrected chi connectivity index (χ2v) is 16.3. The molecule has 0 saturated carbocycles. The molecule has 0 saturated heterocycles. The molecule has 0 spiro atoms. The van der Waals surface area contributed by atoms with Gasteiger partial charge in [0, 0.05) is 54.6 Å². The number of thiophene rings is 1. The van der Waals surface area contributed by atoms with Crippen LogP contribution >= 0.6 is 11.3 Å². The van der Waals surface area contributed by atoms with Crippen LogP contribution in [0.1, 0.15) is 0 Å². The lowest BCUT2D eigenvalue weighted by atomic mass is 9.96. The summed E-state index contributed by atoms with van der Waals surface area (Å²) >= 11 is 1.88. The van der Waals surface area contributed by atoms with Gasteiger partial charge in [0.05, 0.1) is 10.4 Å². The molecule has 2 nitrogen and oxygen atoms in total. The Bertz CT molecular complexity index is 3540. The zero-order valence-corrected chi connectivity index (χ0v) is 32.8. The first-order chi connectivity index (χ1) is 29.2. The van der Waals surface area contributed by atoms with Gasteiger partial charge in [-0.2, -0.15) is 0 Å². The fourth-order valence-electron chi connectivity index (χ4n) is 9.02. The van der Waals surface area contributed by atoms with E-state index in [2.05, 4.69) is 217 Å². The topological polar surface area (TPSA) is 16.4 Å². The largest absolute Gasteiger partial charge is 0.455 e. The molecule has 0 aliphatic carbocycles. The Balaban J connectivity index is 1.09. The van der Waals surface area contributed by atoms with Gasteiger partial charge in [-0.3, -0.25) is 0 Å². The van der Waals surface area contributed by atoms with Gasteiger partial charge in [0.2, 0.25) is 0 Å². The summed E-state index contributed by atoms with van der Waals surface area (Å²) in [6.07, 6.45) is 0. The number of hydrogen-bond acceptors (Lipinski definition) is 3. The first kappa shape index (κ1) is 33.7. The molecule has 0 unspecified atom stereocenters. The number of fused-ring (bicyclic) bond motifs is 9. The molecule has 0 aliphatic rings. The normalized spacial score (nSPS) is 11.7. The quantitative estimate of drug-likeness (QED) is 0.167. The number of nitrogens with zero attached hydrogens (tertiary/aromatic N) is 1. The minimum atomic E-state index is 0.869. The molecule has 10 aromatic carbocycles. The fourth-order valence-corrected chi connectivity index (χ4v) is 10.3. The fraction of sp³-hybridized carbons (Fsp3) is 0. The highest BCUT2D eigenvalue weighted by atomic mass is 32.1. The Kier molecular flexibility index (Phi) is 7.75. The third kappa shape index (κ3) is 5.55. The second kappa shape index (κ2) is 13.6. The van der Waals surface area contributed by atoms with E-state index in [0.29, 0.717) is 0 Å². The molecule has 12 aromatic rings. The highest BCUT2D eigenvalue weighted by Crippen LogP contribution is 2.49. The molecule has 0 atom stereocenters. The van der Waals surface area contributed by atoms with Gasteiger partial charge in [0.25, 0.3) is 0 Å². The van der Waals surface area contributed by atoms with Crippen LogP contribution in [-0.4, -0.2) is 0 Å². The first-order valence-corrected chi connectivity index (χ1v) is 20.9. The van der Waals surface area contributed by atoms with Crippen molar-refractivity contribution in [3.63, 3.8) is 0 Å². The van der Waals surface area contributed by atoms with Crippen molar-refractivity contribution in [2.24, 2.45) is 0 Å². The van der Waals surface area contributed by atoms with Crippen molar-refractivity contribution in [2.75, 3.05) is 4.90 Å². The maximum Gasteiger partial charge on any atom is 0.143 e. The van der Waals surface area contributed by atoms with E-state index in [1.54, 1.807) is 0 Å². The molecule has 0 aliphatic heterocycles. The Hall–Kier alpha value is -7.46. The smallest absolute Gasteiger partial charge is 0.143 e. The predicted molar refractivity (Wildman–Crippen MR) is 253 cm³/mol. The van der Waals surface area contributed by atoms with Gasteiger partial charge in [-0.25, -0.2) is 0 Å². The van der Waals surface area contributed by atoms with Gasteiger partial charge in [0.1, 0.15) is 11.2 Å². The number of hydrogen-bond donors (Lipinski definition) is 0. The van der Waals surface area contributed by atoms with Crippen LogP contribution in [0, 0.1) is 0 Å². The van der Waals surface area contributed by atoms with E-state index in [-0.39, 0.29) is 0 Å². The Morgan fingerprint density at radius 3 is 1.78 bits per heavy atom. The van der Waals surface area contributed by atoms with Crippen LogP contribution < -0.4 is 4.90 Å². The summed E-state index contributed by atoms with van der Waals surface area (Å²) in [5.41, 5.74) is 12.3. The number of anilines is 3. The van der Waals surface area contributed by atoms with Gasteiger partial charge in [-0.1, -0.05) is 158 Å². The molecule has 12 rings (SSSR count). The molecule has 0 fully saturated rings. The lowest BCUT2D eigenvalue weighted by Gasteiger charge is -2.26. The van der Waals surface area contributed by atoms with Crippen molar-refractivity contribution < 1.29 is 4.42 Å². The van der Waals surface area contributed by atoms with Gasteiger partial charge in [-0.05, 0) is 92.5 Å². The molecule has 59 heavy (non-hydrogen) atoms. The van der Waals surface area contributed by atoms with Gasteiger partial charge in [0.15, 0.2) is 0 Å². The van der Waals surface area contributed by atoms with Crippen molar-refractivity contribution in [1.29, 1.82) is 0 Å². The Labute approximate surface area is 345 Å². The zero-order valence-electron chi connectivity index (χ0n) is 32.0. The minimum Gasteiger partial charge on any atom is -0.455 e. The summed E-state index contributed by atoms with van der Waals surface area (Å²) in [4.78, 5) is 2.41. The van der Waals surface area contributed by atoms with E-state index in [0.717, 1.165) is 44.4 Å². The van der Waals surface area contributed by atoms with E-state index >= 15 is 0 Å². The van der Waals surface area contributed by atoms with Gasteiger partial charge >= 0.3 is 0 Å². The number of furan rings is 1. The molecule has 3 heteroatoms. The Morgan fingerprint density at radius 2 is 0.966 bits per heavy atom. The van der Waals surface area contributed by atoms with Crippen LogP contribution in [0.4, 0.5) is 17.1 Å². The van der Waals surface area contributed by atoms with Crippen molar-refractivity contribution in [1.82, 2.24) is 0 Å². The molecule has 2 heterocycles. The van der Waals surface area contributed by atoms with Crippen LogP contribution in [0.3, 0.4) is 0 Å². The van der Waals surface area contributed by atoms with Crippen molar-refractivity contribution in [3.05, 3.63) is 212 Å². The minimum absolute atomic E-state index is 0.869. The maximum atomic E-state index is 6.78. The summed E-state index contributed by atoms with van der Waals surface area (Å²) in [6, 6.07) is 76.9. The van der Waals surface area contributed by atoms with Crippen LogP contribution in [0.2, 0.25) is 0 Å². The summed E-state index contributed by atoms with van der Waals surface area (Å²) < 4.78 is 9.29. The first-order valence-electron chi connectivity index (χ1n) is 20.1. The average Bonchev–Trinajstić information content (AvgIpc) is 3.88. The standard InChI is InChI=1S/C56H35NOS/c1-3-13-36(14-4-1)41-33-50(38-15-5-2-6-16-38)55-51(34-41)49-23-12-24-52(56(49)59-55)57(42-28-25-40(26-29-42)45-22-11-19-37-17-7-9-20-44(37)45)43-30-32-47-48-31-27-39-18-8-10-21-46(39)54(48)58-53(47)35-43/h1-35H. The summed E-state index contributed by atoms with van der Waals surface area (Å²) in [7, 11) is 0. The summed E-state index contributed by atoms with van der Waals surface area (Å²) in [6.45, 7) is 0. The van der Waals surface area contributed by atoms with Crippen molar-refractivity contribution in [2.45, 2.75) is 0 Å². The molecule has 0 bridgehead atoms.